The normalized spacial score (nSPS) is 11.4. The first-order valence-electron chi connectivity index (χ1n) is 5.94. The molecule has 1 aromatic rings. The van der Waals surface area contributed by atoms with Gasteiger partial charge in [0.2, 0.25) is 0 Å². The van der Waals surface area contributed by atoms with Crippen LogP contribution < -0.4 is 10.6 Å². The van der Waals surface area contributed by atoms with Crippen LogP contribution >= 0.6 is 0 Å². The van der Waals surface area contributed by atoms with Crippen molar-refractivity contribution in [2.45, 2.75) is 39.2 Å². The van der Waals surface area contributed by atoms with Crippen molar-refractivity contribution in [3.05, 3.63) is 11.9 Å². The highest BCUT2D eigenvalue weighted by atomic mass is 16.3. The van der Waals surface area contributed by atoms with Gasteiger partial charge in [-0.2, -0.15) is 0 Å². The van der Waals surface area contributed by atoms with E-state index in [4.69, 9.17) is 0 Å². The van der Waals surface area contributed by atoms with E-state index in [9.17, 15) is 5.11 Å². The zero-order valence-electron chi connectivity index (χ0n) is 11.0. The van der Waals surface area contributed by atoms with E-state index in [1.807, 2.05) is 20.9 Å². The van der Waals surface area contributed by atoms with Crippen LogP contribution in [0.15, 0.2) is 6.33 Å². The van der Waals surface area contributed by atoms with E-state index >= 15 is 0 Å². The van der Waals surface area contributed by atoms with Crippen LogP contribution in [0.1, 0.15) is 32.8 Å². The second-order valence-electron chi connectivity index (χ2n) is 4.72. The third-order valence-corrected chi connectivity index (χ3v) is 2.53. The summed E-state index contributed by atoms with van der Waals surface area (Å²) >= 11 is 0. The van der Waals surface area contributed by atoms with Gasteiger partial charge in [0.25, 0.3) is 0 Å². The molecule has 0 aliphatic carbocycles. The number of nitrogens with zero attached hydrogens (tertiary/aromatic N) is 2. The molecule has 1 rings (SSSR count). The van der Waals surface area contributed by atoms with Crippen LogP contribution in [0.4, 0.5) is 11.6 Å². The van der Waals surface area contributed by atoms with E-state index in [1.54, 1.807) is 0 Å². The first-order chi connectivity index (χ1) is 8.04. The molecule has 0 fully saturated rings. The molecule has 0 aromatic carbocycles. The lowest BCUT2D eigenvalue weighted by atomic mass is 10.1. The van der Waals surface area contributed by atoms with Crippen LogP contribution in [0.2, 0.25) is 0 Å². The van der Waals surface area contributed by atoms with Crippen LogP contribution in [0, 0.1) is 0 Å². The summed E-state index contributed by atoms with van der Waals surface area (Å²) in [6, 6.07) is 0. The molecule has 0 bridgehead atoms. The molecule has 3 N–H and O–H groups in total. The molecule has 5 nitrogen and oxygen atoms in total. The molecule has 0 aliphatic heterocycles. The van der Waals surface area contributed by atoms with E-state index in [-0.39, 0.29) is 12.1 Å². The summed E-state index contributed by atoms with van der Waals surface area (Å²) in [5.74, 6) is 1.64. The van der Waals surface area contributed by atoms with Crippen LogP contribution in [-0.4, -0.2) is 34.3 Å². The second-order valence-corrected chi connectivity index (χ2v) is 4.72. The molecular formula is C12H22N4O. The van der Waals surface area contributed by atoms with Gasteiger partial charge in [-0.15, -0.1) is 0 Å². The lowest BCUT2D eigenvalue weighted by Crippen LogP contribution is -2.35. The lowest BCUT2D eigenvalue weighted by molar-refractivity contribution is 0.233. The summed E-state index contributed by atoms with van der Waals surface area (Å²) in [6.45, 7) is 6.04. The highest BCUT2D eigenvalue weighted by Gasteiger charge is 2.19. The highest BCUT2D eigenvalue weighted by molar-refractivity contribution is 5.58. The molecule has 0 amide bonds. The van der Waals surface area contributed by atoms with E-state index in [1.165, 1.54) is 6.33 Å². The summed E-state index contributed by atoms with van der Waals surface area (Å²) < 4.78 is 0. The van der Waals surface area contributed by atoms with Crippen molar-refractivity contribution in [2.75, 3.05) is 24.3 Å². The molecular weight excluding hydrogens is 216 g/mol. The Morgan fingerprint density at radius 2 is 1.94 bits per heavy atom. The molecule has 0 saturated heterocycles. The van der Waals surface area contributed by atoms with Crippen molar-refractivity contribution in [2.24, 2.45) is 0 Å². The number of rotatable bonds is 6. The van der Waals surface area contributed by atoms with E-state index < -0.39 is 0 Å². The Labute approximate surface area is 103 Å². The molecule has 1 aromatic heterocycles. The quantitative estimate of drug-likeness (QED) is 0.703. The van der Waals surface area contributed by atoms with Gasteiger partial charge < -0.3 is 15.7 Å². The minimum atomic E-state index is -0.387. The number of nitrogens with one attached hydrogen (secondary N) is 2. The van der Waals surface area contributed by atoms with Gasteiger partial charge in [-0.25, -0.2) is 9.97 Å². The van der Waals surface area contributed by atoms with Gasteiger partial charge in [-0.05, 0) is 20.3 Å². The summed E-state index contributed by atoms with van der Waals surface area (Å²) in [7, 11) is 1.85. The Morgan fingerprint density at radius 3 is 2.47 bits per heavy atom. The fraction of sp³-hybridized carbons (Fsp3) is 0.667. The van der Waals surface area contributed by atoms with Gasteiger partial charge in [-0.1, -0.05) is 13.3 Å². The van der Waals surface area contributed by atoms with Crippen LogP contribution in [0.5, 0.6) is 0 Å². The fourth-order valence-electron chi connectivity index (χ4n) is 1.58. The Bertz CT molecular complexity index is 366. The average molecular weight is 238 g/mol. The Kier molecular flexibility index (Phi) is 4.69. The van der Waals surface area contributed by atoms with Crippen molar-refractivity contribution in [1.29, 1.82) is 0 Å². The average Bonchev–Trinajstić information content (AvgIpc) is 2.31. The first kappa shape index (κ1) is 13.7. The molecule has 0 aliphatic rings. The maximum absolute atomic E-state index is 9.28. The van der Waals surface area contributed by atoms with Crippen LogP contribution in [0.3, 0.4) is 0 Å². The molecule has 96 valence electrons. The van der Waals surface area contributed by atoms with Gasteiger partial charge in [0.1, 0.15) is 18.0 Å². The Morgan fingerprint density at radius 1 is 1.29 bits per heavy atom. The zero-order chi connectivity index (χ0) is 12.9. The smallest absolute Gasteiger partial charge is 0.135 e. The standard InChI is InChI=1S/C12H22N4O/c1-5-6-9-10(13-4)14-8-15-11(9)16-12(2,3)7-17/h8,17H,5-7H2,1-4H3,(H2,13,14,15,16). The number of hydrogen-bond acceptors (Lipinski definition) is 5. The molecule has 0 unspecified atom stereocenters. The van der Waals surface area contributed by atoms with Crippen molar-refractivity contribution in [1.82, 2.24) is 9.97 Å². The molecule has 5 heteroatoms. The second kappa shape index (κ2) is 5.82. The van der Waals surface area contributed by atoms with Crippen molar-refractivity contribution in [3.8, 4) is 0 Å². The van der Waals surface area contributed by atoms with Crippen molar-refractivity contribution < 1.29 is 5.11 Å². The van der Waals surface area contributed by atoms with Gasteiger partial charge >= 0.3 is 0 Å². The van der Waals surface area contributed by atoms with Gasteiger partial charge in [0, 0.05) is 12.6 Å². The molecule has 0 spiro atoms. The van der Waals surface area contributed by atoms with E-state index in [0.29, 0.717) is 0 Å². The third kappa shape index (κ3) is 3.56. The third-order valence-electron chi connectivity index (χ3n) is 2.53. The van der Waals surface area contributed by atoms with Crippen LogP contribution in [-0.2, 0) is 6.42 Å². The number of aromatic nitrogens is 2. The lowest BCUT2D eigenvalue weighted by Gasteiger charge is -2.26. The predicted molar refractivity (Wildman–Crippen MR) is 70.4 cm³/mol. The molecule has 0 atom stereocenters. The first-order valence-corrected chi connectivity index (χ1v) is 5.94. The van der Waals surface area contributed by atoms with E-state index in [0.717, 1.165) is 30.0 Å². The summed E-state index contributed by atoms with van der Waals surface area (Å²) in [5.41, 5.74) is 0.681. The van der Waals surface area contributed by atoms with Crippen LogP contribution in [0.25, 0.3) is 0 Å². The summed E-state index contributed by atoms with van der Waals surface area (Å²) in [6.07, 6.45) is 3.46. The zero-order valence-corrected chi connectivity index (χ0v) is 11.0. The van der Waals surface area contributed by atoms with Crippen molar-refractivity contribution >= 4 is 11.6 Å². The fourth-order valence-corrected chi connectivity index (χ4v) is 1.58. The van der Waals surface area contributed by atoms with Gasteiger partial charge in [-0.3, -0.25) is 0 Å². The maximum atomic E-state index is 9.28. The Hall–Kier alpha value is -1.36. The topological polar surface area (TPSA) is 70.1 Å². The summed E-state index contributed by atoms with van der Waals surface area (Å²) in [4.78, 5) is 8.47. The monoisotopic (exact) mass is 238 g/mol. The number of aliphatic hydroxyl groups excluding tert-OH is 1. The van der Waals surface area contributed by atoms with Gasteiger partial charge in [0.15, 0.2) is 0 Å². The largest absolute Gasteiger partial charge is 0.394 e. The van der Waals surface area contributed by atoms with Crippen molar-refractivity contribution in [3.63, 3.8) is 0 Å². The SMILES string of the molecule is CCCc1c(NC)ncnc1NC(C)(C)CO. The molecule has 0 radical (unpaired) electrons. The Balaban J connectivity index is 3.05. The number of hydrogen-bond donors (Lipinski definition) is 3. The number of aliphatic hydroxyl groups is 1. The minimum Gasteiger partial charge on any atom is -0.394 e. The molecule has 0 saturated carbocycles. The molecule has 1 heterocycles. The van der Waals surface area contributed by atoms with Gasteiger partial charge in [0.05, 0.1) is 12.1 Å². The predicted octanol–water partition coefficient (Wildman–Crippen LogP) is 1.65. The number of anilines is 2. The molecule has 17 heavy (non-hydrogen) atoms. The maximum Gasteiger partial charge on any atom is 0.135 e. The van der Waals surface area contributed by atoms with E-state index in [2.05, 4.69) is 27.5 Å². The minimum absolute atomic E-state index is 0.0530. The summed E-state index contributed by atoms with van der Waals surface area (Å²) in [5, 5.41) is 15.6. The highest BCUT2D eigenvalue weighted by Crippen LogP contribution is 2.23.